The lowest BCUT2D eigenvalue weighted by Gasteiger charge is -2.14. The molecule has 1 aromatic carbocycles. The maximum Gasteiger partial charge on any atom is 0.328 e. The molecule has 2 amide bonds. The van der Waals surface area contributed by atoms with E-state index in [-0.39, 0.29) is 0 Å². The molecule has 3 N–H and O–H groups in total. The molecule has 0 aliphatic heterocycles. The van der Waals surface area contributed by atoms with E-state index in [2.05, 4.69) is 0 Å². The van der Waals surface area contributed by atoms with Gasteiger partial charge in [0, 0.05) is 19.7 Å². The second-order valence-electron chi connectivity index (χ2n) is 3.61. The molecule has 5 heteroatoms. The number of nitrogens with two attached hydrogens (primary N) is 1. The van der Waals surface area contributed by atoms with Crippen molar-refractivity contribution in [3.8, 4) is 0 Å². The molecule has 5 nitrogen and oxygen atoms in total. The van der Waals surface area contributed by atoms with Crippen LogP contribution < -0.4 is 5.73 Å². The third-order valence-electron chi connectivity index (χ3n) is 2.17. The lowest BCUT2D eigenvalue weighted by atomic mass is 10.1. The second kappa shape index (κ2) is 5.69. The number of carboxylic acid groups (broad SMARTS) is 1. The number of benzene rings is 1. The molecule has 0 atom stereocenters. The Kier molecular flexibility index (Phi) is 4.28. The molecule has 0 aromatic heterocycles. The predicted molar refractivity (Wildman–Crippen MR) is 64.2 cm³/mol. The maximum absolute atomic E-state index is 10.9. The number of carboxylic acids is 1. The average Bonchev–Trinajstić information content (AvgIpc) is 2.26. The molecule has 0 aliphatic carbocycles. The zero-order valence-corrected chi connectivity index (χ0v) is 9.46. The van der Waals surface area contributed by atoms with E-state index in [4.69, 9.17) is 10.8 Å². The third-order valence-corrected chi connectivity index (χ3v) is 2.17. The number of rotatable bonds is 4. The molecular formula is C12H14N2O3. The minimum absolute atomic E-state index is 0.393. The van der Waals surface area contributed by atoms with Gasteiger partial charge in [0.25, 0.3) is 0 Å². The zero-order valence-electron chi connectivity index (χ0n) is 9.46. The molecule has 0 saturated heterocycles. The highest BCUT2D eigenvalue weighted by molar-refractivity contribution is 5.85. The van der Waals surface area contributed by atoms with Crippen LogP contribution in [0.4, 0.5) is 4.79 Å². The molecular weight excluding hydrogens is 220 g/mol. The van der Waals surface area contributed by atoms with E-state index in [1.165, 1.54) is 11.0 Å². The van der Waals surface area contributed by atoms with Crippen LogP contribution in [0.15, 0.2) is 30.3 Å². The number of nitrogens with zero attached hydrogens (tertiary/aromatic N) is 1. The Morgan fingerprint density at radius 2 is 2.18 bits per heavy atom. The van der Waals surface area contributed by atoms with E-state index in [1.807, 2.05) is 6.07 Å². The molecule has 0 saturated carbocycles. The fourth-order valence-corrected chi connectivity index (χ4v) is 1.31. The molecule has 17 heavy (non-hydrogen) atoms. The summed E-state index contributed by atoms with van der Waals surface area (Å²) in [6, 6.07) is 6.73. The van der Waals surface area contributed by atoms with Gasteiger partial charge in [0.2, 0.25) is 0 Å². The van der Waals surface area contributed by atoms with Crippen LogP contribution in [0, 0.1) is 0 Å². The Hall–Kier alpha value is -2.30. The van der Waals surface area contributed by atoms with Crippen LogP contribution in [0.2, 0.25) is 0 Å². The molecule has 0 spiro atoms. The topological polar surface area (TPSA) is 83.6 Å². The number of primary amides is 1. The van der Waals surface area contributed by atoms with Gasteiger partial charge in [-0.05, 0) is 23.3 Å². The largest absolute Gasteiger partial charge is 0.478 e. The van der Waals surface area contributed by atoms with Crippen molar-refractivity contribution in [3.63, 3.8) is 0 Å². The van der Waals surface area contributed by atoms with Gasteiger partial charge in [-0.25, -0.2) is 9.59 Å². The smallest absolute Gasteiger partial charge is 0.328 e. The lowest BCUT2D eigenvalue weighted by Crippen LogP contribution is -2.31. The summed E-state index contributed by atoms with van der Waals surface area (Å²) in [5.74, 6) is -0.996. The summed E-state index contributed by atoms with van der Waals surface area (Å²) in [5, 5.41) is 8.51. The summed E-state index contributed by atoms with van der Waals surface area (Å²) in [6.45, 7) is 0.393. The minimum atomic E-state index is -0.996. The molecule has 0 unspecified atom stereocenters. The molecule has 0 fully saturated rings. The van der Waals surface area contributed by atoms with Crippen molar-refractivity contribution in [1.29, 1.82) is 0 Å². The fourth-order valence-electron chi connectivity index (χ4n) is 1.31. The van der Waals surface area contributed by atoms with Crippen molar-refractivity contribution in [3.05, 3.63) is 41.5 Å². The van der Waals surface area contributed by atoms with Gasteiger partial charge in [0.15, 0.2) is 0 Å². The summed E-state index contributed by atoms with van der Waals surface area (Å²) < 4.78 is 0. The van der Waals surface area contributed by atoms with E-state index in [1.54, 1.807) is 25.2 Å². The number of amides is 2. The first-order chi connectivity index (χ1) is 7.99. The summed E-state index contributed by atoms with van der Waals surface area (Å²) in [4.78, 5) is 22.6. The average molecular weight is 234 g/mol. The van der Waals surface area contributed by atoms with Gasteiger partial charge in [-0.15, -0.1) is 0 Å². The van der Waals surface area contributed by atoms with Gasteiger partial charge in [-0.3, -0.25) is 0 Å². The molecule has 0 bridgehead atoms. The number of urea groups is 1. The van der Waals surface area contributed by atoms with Crippen LogP contribution in [-0.2, 0) is 11.3 Å². The van der Waals surface area contributed by atoms with Gasteiger partial charge in [0.1, 0.15) is 0 Å². The van der Waals surface area contributed by atoms with Gasteiger partial charge in [-0.2, -0.15) is 0 Å². The first-order valence-electron chi connectivity index (χ1n) is 4.99. The first kappa shape index (κ1) is 12.8. The van der Waals surface area contributed by atoms with Crippen LogP contribution in [0.5, 0.6) is 0 Å². The Balaban J connectivity index is 2.79. The minimum Gasteiger partial charge on any atom is -0.478 e. The van der Waals surface area contributed by atoms with E-state index in [0.29, 0.717) is 6.54 Å². The molecule has 0 radical (unpaired) electrons. The van der Waals surface area contributed by atoms with E-state index < -0.39 is 12.0 Å². The lowest BCUT2D eigenvalue weighted by molar-refractivity contribution is -0.131. The predicted octanol–water partition coefficient (Wildman–Crippen LogP) is 1.29. The van der Waals surface area contributed by atoms with Crippen molar-refractivity contribution < 1.29 is 14.7 Å². The quantitative estimate of drug-likeness (QED) is 0.770. The first-order valence-corrected chi connectivity index (χ1v) is 4.99. The highest BCUT2D eigenvalue weighted by Crippen LogP contribution is 2.09. The van der Waals surface area contributed by atoms with Gasteiger partial charge < -0.3 is 15.7 Å². The van der Waals surface area contributed by atoms with Crippen LogP contribution >= 0.6 is 0 Å². The van der Waals surface area contributed by atoms with Crippen LogP contribution in [0.1, 0.15) is 11.1 Å². The Morgan fingerprint density at radius 3 is 2.76 bits per heavy atom. The number of aliphatic carboxylic acids is 1. The molecule has 0 heterocycles. The highest BCUT2D eigenvalue weighted by Gasteiger charge is 2.03. The van der Waals surface area contributed by atoms with Crippen molar-refractivity contribution in [2.75, 3.05) is 7.05 Å². The van der Waals surface area contributed by atoms with Crippen molar-refractivity contribution in [1.82, 2.24) is 4.90 Å². The molecule has 1 rings (SSSR count). The zero-order chi connectivity index (χ0) is 12.8. The Morgan fingerprint density at radius 1 is 1.47 bits per heavy atom. The van der Waals surface area contributed by atoms with E-state index in [0.717, 1.165) is 17.2 Å². The summed E-state index contributed by atoms with van der Waals surface area (Å²) in [5.41, 5.74) is 6.77. The highest BCUT2D eigenvalue weighted by atomic mass is 16.4. The number of carbonyl (C=O) groups is 2. The van der Waals surface area contributed by atoms with Crippen LogP contribution in [0.3, 0.4) is 0 Å². The fraction of sp³-hybridized carbons (Fsp3) is 0.167. The van der Waals surface area contributed by atoms with E-state index >= 15 is 0 Å². The normalized spacial score (nSPS) is 10.4. The van der Waals surface area contributed by atoms with Crippen LogP contribution in [-0.4, -0.2) is 29.1 Å². The Labute approximate surface area is 99.1 Å². The Bertz CT molecular complexity index is 455. The SMILES string of the molecule is CN(Cc1cccc(C=CC(=O)O)c1)C(N)=O. The number of hydrogen-bond donors (Lipinski definition) is 2. The van der Waals surface area contributed by atoms with Gasteiger partial charge in [0.05, 0.1) is 0 Å². The molecule has 1 aromatic rings. The summed E-state index contributed by atoms with van der Waals surface area (Å²) >= 11 is 0. The van der Waals surface area contributed by atoms with Crippen molar-refractivity contribution in [2.45, 2.75) is 6.54 Å². The number of carbonyl (C=O) groups excluding carboxylic acids is 1. The molecule has 90 valence electrons. The summed E-state index contributed by atoms with van der Waals surface area (Å²) in [6.07, 6.45) is 2.56. The van der Waals surface area contributed by atoms with Crippen LogP contribution in [0.25, 0.3) is 6.08 Å². The third kappa shape index (κ3) is 4.38. The number of hydrogen-bond acceptors (Lipinski definition) is 2. The van der Waals surface area contributed by atoms with Gasteiger partial charge >= 0.3 is 12.0 Å². The second-order valence-corrected chi connectivity index (χ2v) is 3.61. The van der Waals surface area contributed by atoms with Crippen molar-refractivity contribution in [2.24, 2.45) is 5.73 Å². The monoisotopic (exact) mass is 234 g/mol. The standard InChI is InChI=1S/C12H14N2O3/c1-14(12(13)17)8-10-4-2-3-9(7-10)5-6-11(15)16/h2-7H,8H2,1H3,(H2,13,17)(H,15,16). The summed E-state index contributed by atoms with van der Waals surface area (Å²) in [7, 11) is 1.60. The molecule has 0 aliphatic rings. The van der Waals surface area contributed by atoms with E-state index in [9.17, 15) is 9.59 Å². The maximum atomic E-state index is 10.9. The van der Waals surface area contributed by atoms with Gasteiger partial charge in [-0.1, -0.05) is 18.2 Å². The van der Waals surface area contributed by atoms with Crippen molar-refractivity contribution >= 4 is 18.1 Å².